The SMILES string of the molecule is CCCCCCCCCCCCCCCC(=O)O[C@H](COC(=O)CCCCCCCCCCCC)COP(=O)(O)OC[C@@H](O)CO. The summed E-state index contributed by atoms with van der Waals surface area (Å²) in [6.45, 7) is 2.36. The molecule has 3 atom stereocenters. The number of esters is 2. The Kier molecular flexibility index (Phi) is 31.8. The van der Waals surface area contributed by atoms with Crippen molar-refractivity contribution in [1.29, 1.82) is 0 Å². The van der Waals surface area contributed by atoms with E-state index in [1.165, 1.54) is 96.3 Å². The van der Waals surface area contributed by atoms with Crippen LogP contribution in [0.5, 0.6) is 0 Å². The lowest BCUT2D eigenvalue weighted by Gasteiger charge is -2.20. The smallest absolute Gasteiger partial charge is 0.462 e. The molecule has 11 heteroatoms. The number of rotatable bonds is 35. The molecule has 0 fully saturated rings. The normalized spacial score (nSPS) is 14.1. The lowest BCUT2D eigenvalue weighted by molar-refractivity contribution is -0.161. The fourth-order valence-corrected chi connectivity index (χ4v) is 5.90. The topological polar surface area (TPSA) is 149 Å². The second-order valence-corrected chi connectivity index (χ2v) is 14.1. The van der Waals surface area contributed by atoms with Gasteiger partial charge in [-0.15, -0.1) is 0 Å². The van der Waals surface area contributed by atoms with E-state index in [1.54, 1.807) is 0 Å². The van der Waals surface area contributed by atoms with Crippen LogP contribution < -0.4 is 0 Å². The number of carbonyl (C=O) groups is 2. The van der Waals surface area contributed by atoms with Gasteiger partial charge in [0.15, 0.2) is 6.10 Å². The molecular formula is C35H69O10P. The van der Waals surface area contributed by atoms with Crippen LogP contribution in [0.3, 0.4) is 0 Å². The molecule has 0 aromatic rings. The molecule has 0 saturated carbocycles. The van der Waals surface area contributed by atoms with E-state index in [-0.39, 0.29) is 19.4 Å². The van der Waals surface area contributed by atoms with Gasteiger partial charge in [0, 0.05) is 12.8 Å². The minimum absolute atomic E-state index is 0.191. The number of aliphatic hydroxyl groups excluding tert-OH is 2. The predicted molar refractivity (Wildman–Crippen MR) is 182 cm³/mol. The number of unbranched alkanes of at least 4 members (excludes halogenated alkanes) is 21. The highest BCUT2D eigenvalue weighted by atomic mass is 31.2. The van der Waals surface area contributed by atoms with Crippen LogP contribution in [0, 0.1) is 0 Å². The quantitative estimate of drug-likeness (QED) is 0.0337. The summed E-state index contributed by atoms with van der Waals surface area (Å²) < 4.78 is 32.5. The lowest BCUT2D eigenvalue weighted by Crippen LogP contribution is -2.29. The first-order valence-corrected chi connectivity index (χ1v) is 20.0. The number of ether oxygens (including phenoxy) is 2. The first-order chi connectivity index (χ1) is 22.2. The second kappa shape index (κ2) is 32.5. The van der Waals surface area contributed by atoms with Gasteiger partial charge in [-0.25, -0.2) is 4.57 Å². The van der Waals surface area contributed by atoms with Crippen LogP contribution in [0.25, 0.3) is 0 Å². The third-order valence-electron chi connectivity index (χ3n) is 8.01. The molecule has 0 aliphatic heterocycles. The third-order valence-corrected chi connectivity index (χ3v) is 8.96. The zero-order chi connectivity index (χ0) is 34.1. The zero-order valence-corrected chi connectivity index (χ0v) is 30.2. The van der Waals surface area contributed by atoms with Gasteiger partial charge in [-0.2, -0.15) is 0 Å². The Balaban J connectivity index is 4.36. The van der Waals surface area contributed by atoms with Gasteiger partial charge in [0.25, 0.3) is 0 Å². The summed E-state index contributed by atoms with van der Waals surface area (Å²) in [4.78, 5) is 34.7. The van der Waals surface area contributed by atoms with Gasteiger partial charge < -0.3 is 24.6 Å². The minimum Gasteiger partial charge on any atom is -0.462 e. The monoisotopic (exact) mass is 680 g/mol. The number of aliphatic hydroxyl groups is 2. The van der Waals surface area contributed by atoms with Crippen molar-refractivity contribution < 1.29 is 47.8 Å². The van der Waals surface area contributed by atoms with Crippen molar-refractivity contribution in [3.05, 3.63) is 0 Å². The molecule has 0 bridgehead atoms. The van der Waals surface area contributed by atoms with Crippen molar-refractivity contribution >= 4 is 19.8 Å². The fourth-order valence-electron chi connectivity index (χ4n) is 5.11. The molecule has 0 spiro atoms. The molecule has 0 saturated heterocycles. The predicted octanol–water partition coefficient (Wildman–Crippen LogP) is 8.72. The molecule has 10 nitrogen and oxygen atoms in total. The summed E-state index contributed by atoms with van der Waals surface area (Å²) >= 11 is 0. The molecule has 0 amide bonds. The standard InChI is InChI=1S/C35H69O10P/c1-3-5-7-9-11-13-15-16-17-19-21-23-25-27-35(39)45-33(31-44-46(40,41)43-29-32(37)28-36)30-42-34(38)26-24-22-20-18-14-12-10-8-6-4-2/h32-33,36-37H,3-31H2,1-2H3,(H,40,41)/t32-,33+/m0/s1. The summed E-state index contributed by atoms with van der Waals surface area (Å²) in [6, 6.07) is 0. The van der Waals surface area contributed by atoms with Gasteiger partial charge in [0.2, 0.25) is 0 Å². The van der Waals surface area contributed by atoms with Crippen LogP contribution >= 0.6 is 7.82 Å². The summed E-state index contributed by atoms with van der Waals surface area (Å²) in [5.41, 5.74) is 0. The molecule has 0 aliphatic rings. The fraction of sp³-hybridized carbons (Fsp3) is 0.943. The van der Waals surface area contributed by atoms with Gasteiger partial charge >= 0.3 is 19.8 Å². The first kappa shape index (κ1) is 45.0. The van der Waals surface area contributed by atoms with E-state index in [2.05, 4.69) is 18.4 Å². The highest BCUT2D eigenvalue weighted by Gasteiger charge is 2.27. The average Bonchev–Trinajstić information content (AvgIpc) is 3.04. The van der Waals surface area contributed by atoms with Crippen molar-refractivity contribution in [2.75, 3.05) is 26.4 Å². The number of hydrogen-bond donors (Lipinski definition) is 3. The van der Waals surface area contributed by atoms with E-state index in [0.29, 0.717) is 12.8 Å². The summed E-state index contributed by atoms with van der Waals surface area (Å²) in [5.74, 6) is -0.918. The number of carbonyl (C=O) groups excluding carboxylic acids is 2. The van der Waals surface area contributed by atoms with Crippen molar-refractivity contribution in [1.82, 2.24) is 0 Å². The Hall–Kier alpha value is -1.03. The highest BCUT2D eigenvalue weighted by Crippen LogP contribution is 2.43. The van der Waals surface area contributed by atoms with E-state index in [9.17, 15) is 24.2 Å². The van der Waals surface area contributed by atoms with Crippen LogP contribution in [0.15, 0.2) is 0 Å². The first-order valence-electron chi connectivity index (χ1n) is 18.5. The van der Waals surface area contributed by atoms with Crippen molar-refractivity contribution in [2.45, 2.75) is 187 Å². The van der Waals surface area contributed by atoms with E-state index in [0.717, 1.165) is 38.5 Å². The maximum atomic E-state index is 12.5. The number of phosphoric acid groups is 1. The molecule has 0 heterocycles. The Morgan fingerprint density at radius 2 is 0.935 bits per heavy atom. The van der Waals surface area contributed by atoms with E-state index in [1.807, 2.05) is 0 Å². The summed E-state index contributed by atoms with van der Waals surface area (Å²) in [7, 11) is -4.60. The molecule has 1 unspecified atom stereocenters. The van der Waals surface area contributed by atoms with Crippen LogP contribution in [0.4, 0.5) is 0 Å². The zero-order valence-electron chi connectivity index (χ0n) is 29.3. The lowest BCUT2D eigenvalue weighted by atomic mass is 10.0. The summed E-state index contributed by atoms with van der Waals surface area (Å²) in [6.07, 6.45) is 25.0. The van der Waals surface area contributed by atoms with Gasteiger partial charge in [-0.3, -0.25) is 18.6 Å². The Labute approximate surface area is 280 Å². The van der Waals surface area contributed by atoms with Gasteiger partial charge in [0.1, 0.15) is 12.7 Å². The maximum absolute atomic E-state index is 12.5. The Morgan fingerprint density at radius 1 is 0.565 bits per heavy atom. The van der Waals surface area contributed by atoms with Crippen molar-refractivity contribution in [3.63, 3.8) is 0 Å². The van der Waals surface area contributed by atoms with Crippen LogP contribution in [0.2, 0.25) is 0 Å². The van der Waals surface area contributed by atoms with Crippen molar-refractivity contribution in [2.24, 2.45) is 0 Å². The van der Waals surface area contributed by atoms with Crippen LogP contribution in [-0.4, -0.2) is 65.7 Å². The largest absolute Gasteiger partial charge is 0.472 e. The molecule has 0 rings (SSSR count). The second-order valence-electron chi connectivity index (χ2n) is 12.6. The van der Waals surface area contributed by atoms with Crippen molar-refractivity contribution in [3.8, 4) is 0 Å². The van der Waals surface area contributed by atoms with Crippen LogP contribution in [0.1, 0.15) is 174 Å². The van der Waals surface area contributed by atoms with E-state index < -0.39 is 51.8 Å². The molecule has 0 aliphatic carbocycles. The molecule has 0 aromatic carbocycles. The number of phosphoric ester groups is 1. The molecule has 0 radical (unpaired) electrons. The number of hydrogen-bond acceptors (Lipinski definition) is 9. The molecule has 3 N–H and O–H groups in total. The Morgan fingerprint density at radius 3 is 1.35 bits per heavy atom. The van der Waals surface area contributed by atoms with Gasteiger partial charge in [0.05, 0.1) is 19.8 Å². The highest BCUT2D eigenvalue weighted by molar-refractivity contribution is 7.47. The van der Waals surface area contributed by atoms with E-state index in [4.69, 9.17) is 19.1 Å². The molecule has 274 valence electrons. The van der Waals surface area contributed by atoms with Crippen LogP contribution in [-0.2, 0) is 32.7 Å². The van der Waals surface area contributed by atoms with Gasteiger partial charge in [-0.05, 0) is 12.8 Å². The Bertz CT molecular complexity index is 751. The molecular weight excluding hydrogens is 611 g/mol. The molecule has 0 aromatic heterocycles. The minimum atomic E-state index is -4.60. The van der Waals surface area contributed by atoms with E-state index >= 15 is 0 Å². The maximum Gasteiger partial charge on any atom is 0.472 e. The average molecular weight is 681 g/mol. The summed E-state index contributed by atoms with van der Waals surface area (Å²) in [5, 5.41) is 18.2. The van der Waals surface area contributed by atoms with Gasteiger partial charge in [-0.1, -0.05) is 149 Å². The molecule has 46 heavy (non-hydrogen) atoms. The third kappa shape index (κ3) is 31.6.